The van der Waals surface area contributed by atoms with Crippen LogP contribution < -0.4 is 10.6 Å². The van der Waals surface area contributed by atoms with E-state index in [-0.39, 0.29) is 6.04 Å². The van der Waals surface area contributed by atoms with Gasteiger partial charge >= 0.3 is 0 Å². The lowest BCUT2D eigenvalue weighted by atomic mass is 10.2. The molecule has 0 aliphatic heterocycles. The Morgan fingerprint density at radius 1 is 1.50 bits per heavy atom. The first-order valence-corrected chi connectivity index (χ1v) is 6.68. The van der Waals surface area contributed by atoms with E-state index in [1.54, 1.807) is 7.11 Å². The van der Waals surface area contributed by atoms with Crippen LogP contribution in [0.1, 0.15) is 18.9 Å². The minimum absolute atomic E-state index is 0.208. The van der Waals surface area contributed by atoms with Crippen LogP contribution in [-0.2, 0) is 4.74 Å². The highest BCUT2D eigenvalue weighted by atomic mass is 35.5. The van der Waals surface area contributed by atoms with Gasteiger partial charge in [0.25, 0.3) is 0 Å². The molecule has 3 nitrogen and oxygen atoms in total. The maximum absolute atomic E-state index is 6.13. The van der Waals surface area contributed by atoms with Crippen molar-refractivity contribution < 1.29 is 4.74 Å². The fourth-order valence-corrected chi connectivity index (χ4v) is 2.09. The van der Waals surface area contributed by atoms with E-state index >= 15 is 0 Å². The van der Waals surface area contributed by atoms with Gasteiger partial charge in [-0.05, 0) is 43.3 Å². The van der Waals surface area contributed by atoms with Gasteiger partial charge in [0.2, 0.25) is 0 Å². The Morgan fingerprint density at radius 3 is 2.78 bits per heavy atom. The minimum atomic E-state index is 0.208. The predicted octanol–water partition coefficient (Wildman–Crippen LogP) is 3.36. The first kappa shape index (κ1) is 15.2. The Labute approximate surface area is 119 Å². The topological polar surface area (TPSA) is 33.3 Å². The molecule has 0 bridgehead atoms. The molecule has 2 N–H and O–H groups in total. The maximum atomic E-state index is 6.13. The molecule has 1 aromatic carbocycles. The van der Waals surface area contributed by atoms with E-state index in [2.05, 4.69) is 17.6 Å². The summed E-state index contributed by atoms with van der Waals surface area (Å²) in [5, 5.41) is 7.51. The second-order valence-corrected chi connectivity index (χ2v) is 4.96. The van der Waals surface area contributed by atoms with E-state index in [4.69, 9.17) is 28.6 Å². The number of aryl methyl sites for hydroxylation is 1. The van der Waals surface area contributed by atoms with Gasteiger partial charge in [0.1, 0.15) is 0 Å². The van der Waals surface area contributed by atoms with Gasteiger partial charge in [-0.1, -0.05) is 24.6 Å². The number of halogens is 1. The quantitative estimate of drug-likeness (QED) is 0.813. The van der Waals surface area contributed by atoms with Crippen molar-refractivity contribution in [2.75, 3.05) is 19.0 Å². The van der Waals surface area contributed by atoms with Gasteiger partial charge in [-0.25, -0.2) is 0 Å². The molecule has 0 aliphatic carbocycles. The van der Waals surface area contributed by atoms with Crippen LogP contribution in [0.3, 0.4) is 0 Å². The summed E-state index contributed by atoms with van der Waals surface area (Å²) >= 11 is 11.4. The molecule has 0 saturated carbocycles. The van der Waals surface area contributed by atoms with Crippen LogP contribution in [0.4, 0.5) is 5.69 Å². The molecule has 0 aliphatic rings. The summed E-state index contributed by atoms with van der Waals surface area (Å²) in [5.41, 5.74) is 1.93. The number of hydrogen-bond acceptors (Lipinski definition) is 2. The van der Waals surface area contributed by atoms with Crippen molar-refractivity contribution in [2.45, 2.75) is 26.3 Å². The number of ether oxygens (including phenoxy) is 1. The van der Waals surface area contributed by atoms with Crippen LogP contribution in [-0.4, -0.2) is 24.9 Å². The van der Waals surface area contributed by atoms with E-state index in [9.17, 15) is 0 Å². The molecule has 1 atom stereocenters. The third-order valence-corrected chi connectivity index (χ3v) is 3.10. The van der Waals surface area contributed by atoms with Crippen molar-refractivity contribution in [1.82, 2.24) is 5.32 Å². The van der Waals surface area contributed by atoms with Crippen LogP contribution in [0.15, 0.2) is 18.2 Å². The van der Waals surface area contributed by atoms with Crippen molar-refractivity contribution in [3.8, 4) is 0 Å². The van der Waals surface area contributed by atoms with Gasteiger partial charge in [-0.2, -0.15) is 0 Å². The Kier molecular flexibility index (Phi) is 6.39. The normalized spacial score (nSPS) is 12.0. The summed E-state index contributed by atoms with van der Waals surface area (Å²) in [5.74, 6) is 0. The molecule has 100 valence electrons. The lowest BCUT2D eigenvalue weighted by molar-refractivity contribution is 0.172. The lowest BCUT2D eigenvalue weighted by Crippen LogP contribution is -2.40. The van der Waals surface area contributed by atoms with E-state index in [0.29, 0.717) is 16.7 Å². The monoisotopic (exact) mass is 286 g/mol. The fourth-order valence-electron chi connectivity index (χ4n) is 1.53. The fraction of sp³-hybridized carbons (Fsp3) is 0.462. The average Bonchev–Trinajstić information content (AvgIpc) is 2.32. The predicted molar refractivity (Wildman–Crippen MR) is 81.5 cm³/mol. The molecule has 0 radical (unpaired) electrons. The Bertz CT molecular complexity index is 412. The summed E-state index contributed by atoms with van der Waals surface area (Å²) in [6, 6.07) is 6.02. The molecule has 0 amide bonds. The van der Waals surface area contributed by atoms with E-state index < -0.39 is 0 Å². The summed E-state index contributed by atoms with van der Waals surface area (Å²) < 4.78 is 5.11. The smallest absolute Gasteiger partial charge is 0.171 e. The highest BCUT2D eigenvalue weighted by molar-refractivity contribution is 7.80. The SMILES string of the molecule is CCC(COC)NC(=S)Nc1ccc(C)cc1Cl. The lowest BCUT2D eigenvalue weighted by Gasteiger charge is -2.19. The third-order valence-electron chi connectivity index (χ3n) is 2.57. The zero-order chi connectivity index (χ0) is 13.5. The molecular weight excluding hydrogens is 268 g/mol. The highest BCUT2D eigenvalue weighted by Gasteiger charge is 2.08. The van der Waals surface area contributed by atoms with Gasteiger partial charge in [-0.15, -0.1) is 0 Å². The molecule has 0 heterocycles. The molecule has 0 spiro atoms. The molecule has 0 saturated heterocycles. The molecular formula is C13H19ClN2OS. The highest BCUT2D eigenvalue weighted by Crippen LogP contribution is 2.22. The van der Waals surface area contributed by atoms with Gasteiger partial charge in [0.05, 0.1) is 23.4 Å². The second kappa shape index (κ2) is 7.56. The largest absolute Gasteiger partial charge is 0.383 e. The molecule has 1 aromatic rings. The number of thiocarbonyl (C=S) groups is 1. The number of methoxy groups -OCH3 is 1. The van der Waals surface area contributed by atoms with Crippen molar-refractivity contribution in [2.24, 2.45) is 0 Å². The van der Waals surface area contributed by atoms with Crippen LogP contribution in [0.2, 0.25) is 5.02 Å². The minimum Gasteiger partial charge on any atom is -0.383 e. The Morgan fingerprint density at radius 2 is 2.22 bits per heavy atom. The van der Waals surface area contributed by atoms with E-state index in [0.717, 1.165) is 17.7 Å². The molecule has 0 fully saturated rings. The number of nitrogens with one attached hydrogen (secondary N) is 2. The molecule has 5 heteroatoms. The van der Waals surface area contributed by atoms with Crippen molar-refractivity contribution >= 4 is 34.6 Å². The summed E-state index contributed by atoms with van der Waals surface area (Å²) in [6.07, 6.45) is 0.942. The summed E-state index contributed by atoms with van der Waals surface area (Å²) in [6.45, 7) is 4.70. The second-order valence-electron chi connectivity index (χ2n) is 4.14. The van der Waals surface area contributed by atoms with Crippen LogP contribution in [0.5, 0.6) is 0 Å². The maximum Gasteiger partial charge on any atom is 0.171 e. The van der Waals surface area contributed by atoms with Crippen LogP contribution >= 0.6 is 23.8 Å². The van der Waals surface area contributed by atoms with Gasteiger partial charge in [-0.3, -0.25) is 0 Å². The Balaban J connectivity index is 2.58. The van der Waals surface area contributed by atoms with Crippen molar-refractivity contribution in [3.63, 3.8) is 0 Å². The molecule has 1 rings (SSSR count). The Hall–Kier alpha value is -0.840. The number of rotatable bonds is 5. The van der Waals surface area contributed by atoms with Crippen LogP contribution in [0, 0.1) is 6.92 Å². The van der Waals surface area contributed by atoms with E-state index in [1.807, 2.05) is 25.1 Å². The van der Waals surface area contributed by atoms with Gasteiger partial charge < -0.3 is 15.4 Å². The average molecular weight is 287 g/mol. The van der Waals surface area contributed by atoms with Crippen LogP contribution in [0.25, 0.3) is 0 Å². The molecule has 1 unspecified atom stereocenters. The summed E-state index contributed by atoms with van der Waals surface area (Å²) in [7, 11) is 1.68. The molecule has 0 aromatic heterocycles. The zero-order valence-electron chi connectivity index (χ0n) is 10.9. The number of benzene rings is 1. The van der Waals surface area contributed by atoms with Gasteiger partial charge in [0.15, 0.2) is 5.11 Å². The molecule has 18 heavy (non-hydrogen) atoms. The standard InChI is InChI=1S/C13H19ClN2OS/c1-4-10(8-17-3)15-13(18)16-12-6-5-9(2)7-11(12)14/h5-7,10H,4,8H2,1-3H3,(H2,15,16,18). The summed E-state index contributed by atoms with van der Waals surface area (Å²) in [4.78, 5) is 0. The first-order chi connectivity index (χ1) is 8.56. The third kappa shape index (κ3) is 4.80. The van der Waals surface area contributed by atoms with Gasteiger partial charge in [0, 0.05) is 7.11 Å². The number of anilines is 1. The van der Waals surface area contributed by atoms with Crippen molar-refractivity contribution in [1.29, 1.82) is 0 Å². The van der Waals surface area contributed by atoms with Crippen molar-refractivity contribution in [3.05, 3.63) is 28.8 Å². The van der Waals surface area contributed by atoms with E-state index in [1.165, 1.54) is 0 Å². The number of hydrogen-bond donors (Lipinski definition) is 2. The first-order valence-electron chi connectivity index (χ1n) is 5.89. The zero-order valence-corrected chi connectivity index (χ0v) is 12.5.